The average molecular weight is 883 g/mol. The first-order valence-electron chi connectivity index (χ1n) is 18.0. The molecular formula is C37H41F7N4O9S2. The number of aromatic nitrogens is 1. The van der Waals surface area contributed by atoms with Crippen LogP contribution in [0.25, 0.3) is 10.2 Å². The van der Waals surface area contributed by atoms with E-state index in [1.807, 2.05) is 22.4 Å². The number of fused-ring (bicyclic) bond motifs is 1. The molecule has 6 N–H and O–H groups in total. The largest absolute Gasteiger partial charge is 0.506 e. The summed E-state index contributed by atoms with van der Waals surface area (Å²) < 4.78 is 84.9. The van der Waals surface area contributed by atoms with Crippen LogP contribution in [0, 0.1) is 5.82 Å². The number of carbonyl (C=O) groups excluding carboxylic acids is 1. The molecule has 1 amide bonds. The Balaban J connectivity index is 0.000000471. The third-order valence-corrected chi connectivity index (χ3v) is 11.3. The second-order valence-electron chi connectivity index (χ2n) is 13.6. The highest BCUT2D eigenvalue weighted by atomic mass is 32.1. The molecule has 2 fully saturated rings. The summed E-state index contributed by atoms with van der Waals surface area (Å²) >= 11 is 2.59. The van der Waals surface area contributed by atoms with E-state index in [0.29, 0.717) is 55.0 Å². The Kier molecular flexibility index (Phi) is 16.0. The van der Waals surface area contributed by atoms with Crippen molar-refractivity contribution in [1.29, 1.82) is 0 Å². The number of amides is 1. The van der Waals surface area contributed by atoms with Crippen LogP contribution in [0.5, 0.6) is 5.75 Å². The summed E-state index contributed by atoms with van der Waals surface area (Å²) in [5, 5.41) is 40.2. The number of hydrogen-bond acceptors (Lipinski definition) is 11. The standard InChI is InChI=1S/C33H39FN4O5S2.2C2HF3O2/c1-2-25-16-23(19-44-25)31(41)38-11-12-43-33(20-38)6-9-37(10-7-33)18-22-13-21(14-24(34)15-22)5-8-35-17-28(40)26-3-4-27(39)29-30(26)45-32(42)36-29;2*3-2(4,5)1(6)7/h3-4,13-16,19,28,35,39-40H,2,5-12,17-18,20H2,1H3,(H,36,42);2*(H,6,7)/t28-;;/m0../s1. The molecule has 0 bridgehead atoms. The van der Waals surface area contributed by atoms with E-state index in [2.05, 4.69) is 22.1 Å². The van der Waals surface area contributed by atoms with Gasteiger partial charge in [0.1, 0.15) is 17.1 Å². The molecule has 6 rings (SSSR count). The van der Waals surface area contributed by atoms with E-state index in [0.717, 1.165) is 60.4 Å². The summed E-state index contributed by atoms with van der Waals surface area (Å²) in [5.41, 5.74) is 3.14. The molecule has 1 spiro atoms. The lowest BCUT2D eigenvalue weighted by Gasteiger charge is -2.47. The zero-order chi connectivity index (χ0) is 43.7. The summed E-state index contributed by atoms with van der Waals surface area (Å²) in [7, 11) is 0. The molecule has 4 aromatic rings. The van der Waals surface area contributed by atoms with E-state index >= 15 is 0 Å². The van der Waals surface area contributed by atoms with Gasteiger partial charge >= 0.3 is 29.2 Å². The number of alkyl halides is 6. The van der Waals surface area contributed by atoms with Crippen LogP contribution in [0.4, 0.5) is 30.7 Å². The van der Waals surface area contributed by atoms with Gasteiger partial charge in [0, 0.05) is 48.5 Å². The Morgan fingerprint density at radius 2 is 1.61 bits per heavy atom. The maximum atomic E-state index is 14.6. The number of H-pyrrole nitrogens is 1. The van der Waals surface area contributed by atoms with Crippen molar-refractivity contribution in [2.24, 2.45) is 0 Å². The third kappa shape index (κ3) is 13.4. The first-order valence-corrected chi connectivity index (χ1v) is 19.7. The molecule has 2 aromatic heterocycles. The molecule has 0 saturated carbocycles. The number of phenols is 1. The SMILES string of the molecule is CCc1cc(C(=O)N2CCOC3(CCN(Cc4cc(F)cc(CCNC[C@H](O)c5ccc(O)c6[nH]c(=O)sc56)c4)CC3)C2)cs1.O=C(O)C(F)(F)F.O=C(O)C(F)(F)F. The van der Waals surface area contributed by atoms with Crippen molar-refractivity contribution in [3.8, 4) is 5.75 Å². The van der Waals surface area contributed by atoms with E-state index in [-0.39, 0.29) is 34.5 Å². The fourth-order valence-electron chi connectivity index (χ4n) is 6.39. The van der Waals surface area contributed by atoms with Gasteiger partial charge in [0.2, 0.25) is 0 Å². The van der Waals surface area contributed by atoms with Gasteiger partial charge < -0.3 is 40.4 Å². The fraction of sp³-hybridized carbons (Fsp3) is 0.459. The van der Waals surface area contributed by atoms with Crippen molar-refractivity contribution in [2.75, 3.05) is 45.9 Å². The molecule has 2 aliphatic heterocycles. The van der Waals surface area contributed by atoms with E-state index in [4.69, 9.17) is 24.5 Å². The predicted molar refractivity (Wildman–Crippen MR) is 202 cm³/mol. The van der Waals surface area contributed by atoms with Crippen LogP contribution in [-0.4, -0.2) is 117 Å². The molecule has 0 unspecified atom stereocenters. The zero-order valence-corrected chi connectivity index (χ0v) is 32.9. The van der Waals surface area contributed by atoms with Gasteiger partial charge in [0.15, 0.2) is 0 Å². The molecule has 2 aromatic carbocycles. The molecule has 2 aliphatic rings. The number of aliphatic hydroxyl groups is 1. The monoisotopic (exact) mass is 882 g/mol. The molecular weight excluding hydrogens is 842 g/mol. The second kappa shape index (κ2) is 20.1. The molecule has 1 atom stereocenters. The van der Waals surface area contributed by atoms with E-state index in [9.17, 15) is 50.5 Å². The van der Waals surface area contributed by atoms with Crippen LogP contribution in [0.2, 0.25) is 0 Å². The number of morpholine rings is 1. The number of aryl methyl sites for hydroxylation is 1. The normalized spacial score (nSPS) is 16.2. The number of hydrogen-bond donors (Lipinski definition) is 6. The van der Waals surface area contributed by atoms with Gasteiger partial charge in [-0.1, -0.05) is 30.4 Å². The van der Waals surface area contributed by atoms with Crippen molar-refractivity contribution in [1.82, 2.24) is 20.1 Å². The average Bonchev–Trinajstić information content (AvgIpc) is 3.81. The topological polar surface area (TPSA) is 193 Å². The van der Waals surface area contributed by atoms with Crippen LogP contribution in [-0.2, 0) is 33.7 Å². The van der Waals surface area contributed by atoms with E-state index < -0.39 is 30.4 Å². The number of piperidine rings is 1. The minimum absolute atomic E-state index is 0.0288. The number of thiophene rings is 1. The number of aromatic hydroxyl groups is 1. The van der Waals surface area contributed by atoms with Crippen molar-refractivity contribution >= 4 is 50.7 Å². The van der Waals surface area contributed by atoms with E-state index in [1.54, 1.807) is 29.5 Å². The quantitative estimate of drug-likeness (QED) is 0.0847. The molecule has 59 heavy (non-hydrogen) atoms. The van der Waals surface area contributed by atoms with Crippen LogP contribution >= 0.6 is 22.7 Å². The molecule has 13 nitrogen and oxygen atoms in total. The maximum Gasteiger partial charge on any atom is 0.490 e. The highest BCUT2D eigenvalue weighted by molar-refractivity contribution is 7.16. The summed E-state index contributed by atoms with van der Waals surface area (Å²) in [6, 6.07) is 10.3. The number of nitrogens with zero attached hydrogens (tertiary/aromatic N) is 2. The van der Waals surface area contributed by atoms with Gasteiger partial charge in [-0.05, 0) is 67.6 Å². The molecule has 22 heteroatoms. The lowest BCUT2D eigenvalue weighted by atomic mass is 9.89. The number of halogens is 7. The number of carbonyl (C=O) groups is 3. The number of thiazole rings is 1. The summed E-state index contributed by atoms with van der Waals surface area (Å²) in [6.45, 7) is 6.91. The minimum Gasteiger partial charge on any atom is -0.506 e. The molecule has 2 saturated heterocycles. The van der Waals surface area contributed by atoms with Crippen LogP contribution in [0.1, 0.15) is 57.8 Å². The number of ether oxygens (including phenoxy) is 1. The number of carboxylic acids is 2. The Morgan fingerprint density at radius 3 is 2.20 bits per heavy atom. The second-order valence-corrected chi connectivity index (χ2v) is 15.6. The summed E-state index contributed by atoms with van der Waals surface area (Å²) in [4.78, 5) is 50.5. The molecule has 0 radical (unpaired) electrons. The number of rotatable bonds is 10. The highest BCUT2D eigenvalue weighted by Gasteiger charge is 2.41. The first-order chi connectivity index (χ1) is 27.6. The number of aliphatic carboxylic acids is 2. The number of benzene rings is 2. The Hall–Kier alpha value is -4.61. The number of likely N-dealkylation sites (tertiary alicyclic amines) is 1. The Bertz CT molecular complexity index is 2110. The third-order valence-electron chi connectivity index (χ3n) is 9.34. The number of phenolic OH excluding ortho intramolecular Hbond substituents is 1. The summed E-state index contributed by atoms with van der Waals surface area (Å²) in [6.07, 6.45) is -7.87. The molecule has 0 aliphatic carbocycles. The van der Waals surface area contributed by atoms with Crippen LogP contribution in [0.3, 0.4) is 0 Å². The highest BCUT2D eigenvalue weighted by Crippen LogP contribution is 2.33. The molecule has 4 heterocycles. The van der Waals surface area contributed by atoms with Crippen molar-refractivity contribution in [2.45, 2.75) is 63.2 Å². The Labute approximate surface area is 339 Å². The number of aliphatic hydroxyl groups excluding tert-OH is 1. The lowest BCUT2D eigenvalue weighted by Crippen LogP contribution is -2.57. The summed E-state index contributed by atoms with van der Waals surface area (Å²) in [5.74, 6) is -5.72. The first kappa shape index (κ1) is 47.1. The molecule has 324 valence electrons. The van der Waals surface area contributed by atoms with Crippen molar-refractivity contribution < 1.29 is 70.3 Å². The smallest absolute Gasteiger partial charge is 0.490 e. The number of nitrogens with one attached hydrogen (secondary N) is 2. The van der Waals surface area contributed by atoms with Crippen molar-refractivity contribution in [3.05, 3.63) is 84.4 Å². The lowest BCUT2D eigenvalue weighted by molar-refractivity contribution is -0.193. The number of aromatic amines is 1. The maximum absolute atomic E-state index is 14.6. The predicted octanol–water partition coefficient (Wildman–Crippen LogP) is 5.70. The van der Waals surface area contributed by atoms with Gasteiger partial charge in [0.25, 0.3) is 5.91 Å². The van der Waals surface area contributed by atoms with Gasteiger partial charge in [0.05, 0.1) is 35.1 Å². The minimum atomic E-state index is -5.08. The van der Waals surface area contributed by atoms with Gasteiger partial charge in [-0.2, -0.15) is 26.3 Å². The zero-order valence-electron chi connectivity index (χ0n) is 31.3. The van der Waals surface area contributed by atoms with Gasteiger partial charge in [-0.3, -0.25) is 14.5 Å². The fourth-order valence-corrected chi connectivity index (χ4v) is 8.12. The van der Waals surface area contributed by atoms with E-state index in [1.165, 1.54) is 10.9 Å². The Morgan fingerprint density at radius 1 is 0.983 bits per heavy atom. The van der Waals surface area contributed by atoms with Crippen molar-refractivity contribution in [3.63, 3.8) is 0 Å². The van der Waals surface area contributed by atoms with Crippen LogP contribution < -0.4 is 10.2 Å². The van der Waals surface area contributed by atoms with Crippen LogP contribution in [0.15, 0.2) is 46.6 Å². The van der Waals surface area contributed by atoms with Gasteiger partial charge in [-0.15, -0.1) is 11.3 Å². The number of carboxylic acid groups (broad SMARTS) is 2. The van der Waals surface area contributed by atoms with Gasteiger partial charge in [-0.25, -0.2) is 14.0 Å².